The van der Waals surface area contributed by atoms with Crippen molar-refractivity contribution in [2.75, 3.05) is 13.2 Å². The van der Waals surface area contributed by atoms with E-state index < -0.39 is 13.0 Å². The smallest absolute Gasteiger partial charge is 0.261 e. The van der Waals surface area contributed by atoms with Crippen molar-refractivity contribution in [3.05, 3.63) is 16.1 Å². The van der Waals surface area contributed by atoms with Crippen molar-refractivity contribution >= 4 is 11.3 Å². The minimum atomic E-state index is -2.40. The van der Waals surface area contributed by atoms with E-state index in [1.165, 1.54) is 11.3 Å². The Morgan fingerprint density at radius 2 is 2.31 bits per heavy atom. The normalized spacial score (nSPS) is 13.3. The summed E-state index contributed by atoms with van der Waals surface area (Å²) in [5, 5.41) is 2.80. The van der Waals surface area contributed by atoms with E-state index in [0.29, 0.717) is 6.42 Å². The highest BCUT2D eigenvalue weighted by atomic mass is 32.1. The number of alkyl halides is 2. The van der Waals surface area contributed by atoms with Crippen LogP contribution in [-0.2, 0) is 11.2 Å². The van der Waals surface area contributed by atoms with E-state index in [1.54, 1.807) is 0 Å². The van der Waals surface area contributed by atoms with Crippen molar-refractivity contribution in [3.8, 4) is 0 Å². The lowest BCUT2D eigenvalue weighted by Gasteiger charge is -2.03. The van der Waals surface area contributed by atoms with E-state index in [0.717, 1.165) is 17.1 Å². The maximum atomic E-state index is 11.8. The number of nitrogens with two attached hydrogens (primary N) is 1. The summed E-state index contributed by atoms with van der Waals surface area (Å²) in [6, 6.07) is -0.0352. The number of hydrogen-bond donors (Lipinski definition) is 1. The predicted molar refractivity (Wildman–Crippen MR) is 59.9 cm³/mol. The summed E-state index contributed by atoms with van der Waals surface area (Å²) in [6.45, 7) is 1.76. The highest BCUT2D eigenvalue weighted by molar-refractivity contribution is 7.09. The molecule has 0 amide bonds. The van der Waals surface area contributed by atoms with Crippen LogP contribution in [-0.4, -0.2) is 24.6 Å². The van der Waals surface area contributed by atoms with Crippen LogP contribution in [0.25, 0.3) is 0 Å². The molecule has 1 atom stereocenters. The van der Waals surface area contributed by atoms with Gasteiger partial charge in [0.25, 0.3) is 6.43 Å². The molecular formula is C10H16F2N2OS. The van der Waals surface area contributed by atoms with Crippen LogP contribution in [0.3, 0.4) is 0 Å². The summed E-state index contributed by atoms with van der Waals surface area (Å²) in [5.74, 6) is 0. The Bertz CT molecular complexity index is 307. The van der Waals surface area contributed by atoms with Crippen LogP contribution in [0.5, 0.6) is 0 Å². The molecule has 0 saturated carbocycles. The van der Waals surface area contributed by atoms with E-state index in [4.69, 9.17) is 10.5 Å². The zero-order valence-corrected chi connectivity index (χ0v) is 9.97. The van der Waals surface area contributed by atoms with Crippen LogP contribution in [0, 0.1) is 0 Å². The van der Waals surface area contributed by atoms with Gasteiger partial charge in [0, 0.05) is 17.8 Å². The largest absolute Gasteiger partial charge is 0.375 e. The molecule has 1 aromatic heterocycles. The van der Waals surface area contributed by atoms with Gasteiger partial charge in [-0.3, -0.25) is 0 Å². The molecule has 0 aromatic carbocycles. The molecule has 1 unspecified atom stereocenters. The van der Waals surface area contributed by atoms with Crippen molar-refractivity contribution in [2.24, 2.45) is 5.73 Å². The van der Waals surface area contributed by atoms with E-state index in [-0.39, 0.29) is 12.6 Å². The second kappa shape index (κ2) is 6.88. The lowest BCUT2D eigenvalue weighted by Crippen LogP contribution is -2.09. The molecular weight excluding hydrogens is 234 g/mol. The fourth-order valence-corrected chi connectivity index (χ4v) is 1.99. The third-order valence-corrected chi connectivity index (χ3v) is 3.02. The quantitative estimate of drug-likeness (QED) is 0.756. The average molecular weight is 250 g/mol. The molecule has 1 rings (SSSR count). The van der Waals surface area contributed by atoms with Gasteiger partial charge in [0.15, 0.2) is 0 Å². The molecule has 0 bridgehead atoms. The predicted octanol–water partition coefficient (Wildman–Crippen LogP) is 2.38. The highest BCUT2D eigenvalue weighted by Crippen LogP contribution is 2.17. The van der Waals surface area contributed by atoms with E-state index in [1.807, 2.05) is 12.3 Å². The summed E-state index contributed by atoms with van der Waals surface area (Å²) >= 11 is 1.49. The van der Waals surface area contributed by atoms with Gasteiger partial charge >= 0.3 is 0 Å². The number of nitrogens with zero attached hydrogens (tertiary/aromatic N) is 1. The molecule has 0 fully saturated rings. The maximum absolute atomic E-state index is 11.8. The first-order chi connectivity index (χ1) is 7.63. The number of aromatic nitrogens is 1. The topological polar surface area (TPSA) is 48.1 Å². The SMILES string of the molecule is CCC(N)c1csc(CCOCC(F)F)n1. The standard InChI is InChI=1S/C10H16F2N2OS/c1-2-7(13)8-6-16-10(14-8)3-4-15-5-9(11)12/h6-7,9H,2-5,13H2,1H3. The second-order valence-electron chi connectivity index (χ2n) is 3.40. The first-order valence-electron chi connectivity index (χ1n) is 5.19. The Kier molecular flexibility index (Phi) is 5.79. The Hall–Kier alpha value is -0.590. The first kappa shape index (κ1) is 13.5. The molecule has 0 radical (unpaired) electrons. The van der Waals surface area contributed by atoms with Gasteiger partial charge in [-0.05, 0) is 6.42 Å². The fourth-order valence-electron chi connectivity index (χ4n) is 1.15. The van der Waals surface area contributed by atoms with Crippen LogP contribution in [0.4, 0.5) is 8.78 Å². The lowest BCUT2D eigenvalue weighted by atomic mass is 10.2. The third kappa shape index (κ3) is 4.51. The van der Waals surface area contributed by atoms with Gasteiger partial charge in [-0.2, -0.15) is 0 Å². The maximum Gasteiger partial charge on any atom is 0.261 e. The molecule has 6 heteroatoms. The Morgan fingerprint density at radius 3 is 2.94 bits per heavy atom. The van der Waals surface area contributed by atoms with Crippen molar-refractivity contribution in [1.82, 2.24) is 4.98 Å². The molecule has 0 spiro atoms. The number of halogens is 2. The van der Waals surface area contributed by atoms with Crippen molar-refractivity contribution < 1.29 is 13.5 Å². The van der Waals surface area contributed by atoms with Crippen molar-refractivity contribution in [3.63, 3.8) is 0 Å². The van der Waals surface area contributed by atoms with Crippen LogP contribution in [0.15, 0.2) is 5.38 Å². The molecule has 1 aromatic rings. The van der Waals surface area contributed by atoms with E-state index >= 15 is 0 Å². The molecule has 2 N–H and O–H groups in total. The summed E-state index contributed by atoms with van der Waals surface area (Å²) in [5.41, 5.74) is 6.69. The van der Waals surface area contributed by atoms with E-state index in [9.17, 15) is 8.78 Å². The van der Waals surface area contributed by atoms with Gasteiger partial charge in [0.05, 0.1) is 17.3 Å². The van der Waals surface area contributed by atoms with Gasteiger partial charge in [-0.25, -0.2) is 13.8 Å². The number of ether oxygens (including phenoxy) is 1. The monoisotopic (exact) mass is 250 g/mol. The zero-order chi connectivity index (χ0) is 12.0. The van der Waals surface area contributed by atoms with E-state index in [2.05, 4.69) is 4.98 Å². The zero-order valence-electron chi connectivity index (χ0n) is 9.16. The Morgan fingerprint density at radius 1 is 1.56 bits per heavy atom. The van der Waals surface area contributed by atoms with Gasteiger partial charge in [0.1, 0.15) is 6.61 Å². The molecule has 0 aliphatic rings. The number of thiazole rings is 1. The van der Waals surface area contributed by atoms with Gasteiger partial charge in [-0.1, -0.05) is 6.92 Å². The molecule has 3 nitrogen and oxygen atoms in total. The molecule has 16 heavy (non-hydrogen) atoms. The third-order valence-electron chi connectivity index (χ3n) is 2.09. The lowest BCUT2D eigenvalue weighted by molar-refractivity contribution is 0.0187. The highest BCUT2D eigenvalue weighted by Gasteiger charge is 2.08. The van der Waals surface area contributed by atoms with Crippen molar-refractivity contribution in [1.29, 1.82) is 0 Å². The Balaban J connectivity index is 2.29. The molecule has 0 saturated heterocycles. The first-order valence-corrected chi connectivity index (χ1v) is 6.07. The van der Waals surface area contributed by atoms with Crippen LogP contribution in [0.2, 0.25) is 0 Å². The van der Waals surface area contributed by atoms with Gasteiger partial charge < -0.3 is 10.5 Å². The Labute approximate surface area is 97.6 Å². The average Bonchev–Trinajstić information content (AvgIpc) is 2.71. The van der Waals surface area contributed by atoms with Crippen molar-refractivity contribution in [2.45, 2.75) is 32.2 Å². The summed E-state index contributed by atoms with van der Waals surface area (Å²) in [4.78, 5) is 4.32. The molecule has 0 aliphatic carbocycles. The summed E-state index contributed by atoms with van der Waals surface area (Å²) in [7, 11) is 0. The van der Waals surface area contributed by atoms with Crippen LogP contribution >= 0.6 is 11.3 Å². The number of hydrogen-bond acceptors (Lipinski definition) is 4. The van der Waals surface area contributed by atoms with Gasteiger partial charge in [0.2, 0.25) is 0 Å². The van der Waals surface area contributed by atoms with Gasteiger partial charge in [-0.15, -0.1) is 11.3 Å². The minimum Gasteiger partial charge on any atom is -0.375 e. The molecule has 1 heterocycles. The van der Waals surface area contributed by atoms with Crippen LogP contribution in [0.1, 0.15) is 30.1 Å². The van der Waals surface area contributed by atoms with Crippen LogP contribution < -0.4 is 5.73 Å². The minimum absolute atomic E-state index is 0.0352. The molecule has 92 valence electrons. The second-order valence-corrected chi connectivity index (χ2v) is 4.34. The molecule has 0 aliphatic heterocycles. The summed E-state index contributed by atoms with van der Waals surface area (Å²) in [6.07, 6.45) is -1.00. The number of rotatable bonds is 7. The summed E-state index contributed by atoms with van der Waals surface area (Å²) < 4.78 is 28.3. The fraction of sp³-hybridized carbons (Fsp3) is 0.700.